The molecule has 1 amide bonds. The number of hydrogen-bond acceptors (Lipinski definition) is 6. The number of morpholine rings is 1. The molecule has 0 aliphatic carbocycles. The summed E-state index contributed by atoms with van der Waals surface area (Å²) >= 11 is 7.58. The fourth-order valence-electron chi connectivity index (χ4n) is 3.63. The van der Waals surface area contributed by atoms with Crippen LogP contribution < -0.4 is 4.90 Å². The maximum atomic E-state index is 13.2. The molecule has 0 saturated carbocycles. The van der Waals surface area contributed by atoms with E-state index in [1.54, 1.807) is 6.07 Å². The minimum absolute atomic E-state index is 0.0521. The van der Waals surface area contributed by atoms with Gasteiger partial charge in [-0.05, 0) is 17.5 Å². The highest BCUT2D eigenvalue weighted by Crippen LogP contribution is 2.23. The summed E-state index contributed by atoms with van der Waals surface area (Å²) in [7, 11) is 0. The van der Waals surface area contributed by atoms with Gasteiger partial charge in [0, 0.05) is 32.2 Å². The van der Waals surface area contributed by atoms with Crippen LogP contribution in [0.15, 0.2) is 71.9 Å². The summed E-state index contributed by atoms with van der Waals surface area (Å²) < 4.78 is 5.42. The van der Waals surface area contributed by atoms with Crippen molar-refractivity contribution in [2.45, 2.75) is 18.1 Å². The number of aromatic nitrogens is 2. The average molecular weight is 483 g/mol. The van der Waals surface area contributed by atoms with Gasteiger partial charge in [0.2, 0.25) is 5.91 Å². The second-order valence-corrected chi connectivity index (χ2v) is 9.09. The van der Waals surface area contributed by atoms with Crippen LogP contribution in [-0.2, 0) is 22.5 Å². The molecule has 0 spiro atoms. The molecular weight excluding hydrogens is 456 g/mol. The normalized spacial score (nSPS) is 13.7. The molecule has 0 radical (unpaired) electrons. The van der Waals surface area contributed by atoms with Gasteiger partial charge in [0.05, 0.1) is 19.0 Å². The summed E-state index contributed by atoms with van der Waals surface area (Å²) in [5, 5.41) is 0.895. The van der Waals surface area contributed by atoms with Gasteiger partial charge in [-0.2, -0.15) is 0 Å². The summed E-state index contributed by atoms with van der Waals surface area (Å²) in [6, 6.07) is 22.1. The lowest BCUT2D eigenvalue weighted by Gasteiger charge is -2.28. The largest absolute Gasteiger partial charge is 0.378 e. The van der Waals surface area contributed by atoms with Crippen molar-refractivity contribution < 1.29 is 9.53 Å². The number of amides is 1. The zero-order valence-electron chi connectivity index (χ0n) is 18.4. The Labute approximate surface area is 203 Å². The standard InChI is InChI=1S/C25H27ClN4O2S/c26-22-17-23(29-13-15-32-16-14-29)28-25(27-22)33-19-24(31)30(18-21-9-5-2-6-10-21)12-11-20-7-3-1-4-8-20/h1-10,17H,11-16,18-19H2. The predicted octanol–water partition coefficient (Wildman–Crippen LogP) is 4.33. The van der Waals surface area contributed by atoms with Crippen molar-refractivity contribution in [3.05, 3.63) is 83.0 Å². The molecule has 1 aliphatic rings. The summed E-state index contributed by atoms with van der Waals surface area (Å²) in [6.45, 7) is 4.08. The number of carbonyl (C=O) groups excluding carboxylic acids is 1. The molecule has 1 fully saturated rings. The first-order valence-electron chi connectivity index (χ1n) is 11.0. The van der Waals surface area contributed by atoms with E-state index in [1.165, 1.54) is 17.3 Å². The molecule has 2 heterocycles. The van der Waals surface area contributed by atoms with Crippen LogP contribution in [0, 0.1) is 0 Å². The molecule has 1 aromatic heterocycles. The Balaban J connectivity index is 1.42. The second-order valence-electron chi connectivity index (χ2n) is 7.76. The Morgan fingerprint density at radius 3 is 2.36 bits per heavy atom. The summed E-state index contributed by atoms with van der Waals surface area (Å²) in [5.41, 5.74) is 2.32. The van der Waals surface area contributed by atoms with Crippen LogP contribution in [0.3, 0.4) is 0 Å². The Bertz CT molecular complexity index is 1030. The van der Waals surface area contributed by atoms with Gasteiger partial charge in [0.1, 0.15) is 11.0 Å². The van der Waals surface area contributed by atoms with Crippen molar-refractivity contribution >= 4 is 35.1 Å². The third-order valence-electron chi connectivity index (χ3n) is 5.40. The molecule has 4 rings (SSSR count). The van der Waals surface area contributed by atoms with Crippen molar-refractivity contribution in [1.29, 1.82) is 0 Å². The van der Waals surface area contributed by atoms with Crippen molar-refractivity contribution in [3.8, 4) is 0 Å². The van der Waals surface area contributed by atoms with E-state index in [0.29, 0.717) is 36.6 Å². The Morgan fingerprint density at radius 1 is 1.00 bits per heavy atom. The molecule has 6 nitrogen and oxygen atoms in total. The third kappa shape index (κ3) is 7.19. The van der Waals surface area contributed by atoms with E-state index in [0.717, 1.165) is 30.9 Å². The molecule has 33 heavy (non-hydrogen) atoms. The van der Waals surface area contributed by atoms with Gasteiger partial charge < -0.3 is 14.5 Å². The molecular formula is C25H27ClN4O2S. The van der Waals surface area contributed by atoms with Crippen LogP contribution in [0.4, 0.5) is 5.82 Å². The van der Waals surface area contributed by atoms with E-state index in [1.807, 2.05) is 53.4 Å². The van der Waals surface area contributed by atoms with E-state index in [4.69, 9.17) is 16.3 Å². The van der Waals surface area contributed by atoms with Gasteiger partial charge in [-0.1, -0.05) is 84.0 Å². The maximum absolute atomic E-state index is 13.2. The van der Waals surface area contributed by atoms with E-state index < -0.39 is 0 Å². The number of halogens is 1. The first-order chi connectivity index (χ1) is 16.2. The number of rotatable bonds is 9. The van der Waals surface area contributed by atoms with E-state index in [-0.39, 0.29) is 11.7 Å². The summed E-state index contributed by atoms with van der Waals surface area (Å²) in [5.74, 6) is 1.08. The lowest BCUT2D eigenvalue weighted by Crippen LogP contribution is -2.37. The highest BCUT2D eigenvalue weighted by atomic mass is 35.5. The molecule has 3 aromatic rings. The van der Waals surface area contributed by atoms with Crippen LogP contribution in [0.5, 0.6) is 0 Å². The minimum Gasteiger partial charge on any atom is -0.378 e. The molecule has 0 N–H and O–H groups in total. The molecule has 0 atom stereocenters. The van der Waals surface area contributed by atoms with Gasteiger partial charge in [0.15, 0.2) is 5.16 Å². The quantitative estimate of drug-likeness (QED) is 0.257. The van der Waals surface area contributed by atoms with E-state index >= 15 is 0 Å². The fourth-order valence-corrected chi connectivity index (χ4v) is 4.61. The predicted molar refractivity (Wildman–Crippen MR) is 133 cm³/mol. The SMILES string of the molecule is O=C(CSc1nc(Cl)cc(N2CCOCC2)n1)N(CCc1ccccc1)Cc1ccccc1. The smallest absolute Gasteiger partial charge is 0.233 e. The summed E-state index contributed by atoms with van der Waals surface area (Å²) in [6.07, 6.45) is 0.804. The van der Waals surface area contributed by atoms with E-state index in [2.05, 4.69) is 27.0 Å². The fraction of sp³-hybridized carbons (Fsp3) is 0.320. The Morgan fingerprint density at radius 2 is 1.67 bits per heavy atom. The lowest BCUT2D eigenvalue weighted by molar-refractivity contribution is -0.128. The first kappa shape index (κ1) is 23.5. The molecule has 2 aromatic carbocycles. The van der Waals surface area contributed by atoms with Crippen LogP contribution in [0.25, 0.3) is 0 Å². The molecule has 0 unspecified atom stereocenters. The van der Waals surface area contributed by atoms with Crippen LogP contribution in [-0.4, -0.2) is 59.4 Å². The Hall–Kier alpha value is -2.61. The first-order valence-corrected chi connectivity index (χ1v) is 12.4. The number of benzene rings is 2. The topological polar surface area (TPSA) is 58.6 Å². The van der Waals surface area contributed by atoms with E-state index in [9.17, 15) is 4.79 Å². The van der Waals surface area contributed by atoms with Crippen LogP contribution in [0.1, 0.15) is 11.1 Å². The van der Waals surface area contributed by atoms with Crippen LogP contribution in [0.2, 0.25) is 5.15 Å². The maximum Gasteiger partial charge on any atom is 0.233 e. The van der Waals surface area contributed by atoms with Gasteiger partial charge in [-0.15, -0.1) is 0 Å². The second kappa shape index (κ2) is 12.0. The number of thioether (sulfide) groups is 1. The molecule has 172 valence electrons. The van der Waals surface area contributed by atoms with Crippen LogP contribution >= 0.6 is 23.4 Å². The number of hydrogen-bond donors (Lipinski definition) is 0. The average Bonchev–Trinajstić information content (AvgIpc) is 2.86. The van der Waals surface area contributed by atoms with Crippen molar-refractivity contribution in [2.75, 3.05) is 43.5 Å². The highest BCUT2D eigenvalue weighted by molar-refractivity contribution is 7.99. The number of ether oxygens (including phenoxy) is 1. The third-order valence-corrected chi connectivity index (χ3v) is 6.43. The Kier molecular flexibility index (Phi) is 8.58. The van der Waals surface area contributed by atoms with Crippen molar-refractivity contribution in [2.24, 2.45) is 0 Å². The zero-order valence-corrected chi connectivity index (χ0v) is 20.0. The molecule has 1 aliphatic heterocycles. The zero-order chi connectivity index (χ0) is 22.9. The monoisotopic (exact) mass is 482 g/mol. The number of anilines is 1. The molecule has 0 bridgehead atoms. The number of nitrogens with zero attached hydrogens (tertiary/aromatic N) is 4. The minimum atomic E-state index is 0.0521. The molecule has 8 heteroatoms. The number of carbonyl (C=O) groups is 1. The summed E-state index contributed by atoms with van der Waals surface area (Å²) in [4.78, 5) is 26.2. The van der Waals surface area contributed by atoms with Gasteiger partial charge in [-0.25, -0.2) is 9.97 Å². The van der Waals surface area contributed by atoms with Gasteiger partial charge in [-0.3, -0.25) is 4.79 Å². The highest BCUT2D eigenvalue weighted by Gasteiger charge is 2.18. The lowest BCUT2D eigenvalue weighted by atomic mass is 10.1. The van der Waals surface area contributed by atoms with Crippen molar-refractivity contribution in [1.82, 2.24) is 14.9 Å². The van der Waals surface area contributed by atoms with Gasteiger partial charge >= 0.3 is 0 Å². The van der Waals surface area contributed by atoms with Gasteiger partial charge in [0.25, 0.3) is 0 Å². The van der Waals surface area contributed by atoms with Crippen molar-refractivity contribution in [3.63, 3.8) is 0 Å². The molecule has 1 saturated heterocycles.